The smallest absolute Gasteiger partial charge is 0.250 e. The van der Waals surface area contributed by atoms with Crippen LogP contribution < -0.4 is 4.72 Å². The van der Waals surface area contributed by atoms with Crippen LogP contribution in [0.3, 0.4) is 0 Å². The Kier molecular flexibility index (Phi) is 4.13. The van der Waals surface area contributed by atoms with Gasteiger partial charge in [-0.2, -0.15) is 0 Å². The lowest BCUT2D eigenvalue weighted by Crippen LogP contribution is -2.22. The summed E-state index contributed by atoms with van der Waals surface area (Å²) in [6, 6.07) is 3.10. The zero-order chi connectivity index (χ0) is 13.2. The minimum Gasteiger partial charge on any atom is -0.391 e. The Bertz CT molecular complexity index is 630. The summed E-state index contributed by atoms with van der Waals surface area (Å²) in [5, 5.41) is 11.5. The normalized spacial score (nSPS) is 11.9. The summed E-state index contributed by atoms with van der Waals surface area (Å²) in [6.07, 6.45) is 0. The first-order valence-corrected chi connectivity index (χ1v) is 8.29. The molecular formula is C10H12N2O3S3. The van der Waals surface area contributed by atoms with Crippen molar-refractivity contribution in [1.29, 1.82) is 0 Å². The van der Waals surface area contributed by atoms with Crippen molar-refractivity contribution in [3.63, 3.8) is 0 Å². The molecule has 2 heterocycles. The van der Waals surface area contributed by atoms with Crippen LogP contribution in [0.4, 0.5) is 0 Å². The molecule has 0 bridgehead atoms. The summed E-state index contributed by atoms with van der Waals surface area (Å²) in [6.45, 7) is 1.90. The SMILES string of the molecule is Cc1csc(CNS(=O)(=O)c2ccc(CO)s2)n1. The summed E-state index contributed by atoms with van der Waals surface area (Å²) in [4.78, 5) is 4.81. The number of aromatic nitrogens is 1. The van der Waals surface area contributed by atoms with E-state index in [4.69, 9.17) is 5.11 Å². The standard InChI is InChI=1S/C10H12N2O3S3/c1-7-6-16-9(12-7)4-11-18(14,15)10-3-2-8(5-13)17-10/h2-3,6,11,13H,4-5H2,1H3. The average molecular weight is 304 g/mol. The van der Waals surface area contributed by atoms with Gasteiger partial charge in [0.05, 0.1) is 13.2 Å². The maximum Gasteiger partial charge on any atom is 0.250 e. The van der Waals surface area contributed by atoms with Crippen LogP contribution in [0.25, 0.3) is 0 Å². The van der Waals surface area contributed by atoms with Crippen LogP contribution in [0.15, 0.2) is 21.7 Å². The number of nitrogens with one attached hydrogen (secondary N) is 1. The number of aliphatic hydroxyl groups is 1. The van der Waals surface area contributed by atoms with E-state index in [1.165, 1.54) is 17.4 Å². The van der Waals surface area contributed by atoms with Gasteiger partial charge < -0.3 is 5.11 Å². The van der Waals surface area contributed by atoms with Crippen LogP contribution in [0.1, 0.15) is 15.6 Å². The fourth-order valence-corrected chi connectivity index (χ4v) is 4.35. The zero-order valence-electron chi connectivity index (χ0n) is 9.58. The molecule has 0 spiro atoms. The second-order valence-corrected chi connectivity index (χ2v) is 7.69. The van der Waals surface area contributed by atoms with Crippen molar-refractivity contribution >= 4 is 32.7 Å². The summed E-state index contributed by atoms with van der Waals surface area (Å²) in [5.41, 5.74) is 0.882. The van der Waals surface area contributed by atoms with Crippen molar-refractivity contribution in [3.05, 3.63) is 33.1 Å². The van der Waals surface area contributed by atoms with Gasteiger partial charge in [-0.3, -0.25) is 0 Å². The van der Waals surface area contributed by atoms with Crippen molar-refractivity contribution in [2.45, 2.75) is 24.3 Å². The Morgan fingerprint density at radius 3 is 2.78 bits per heavy atom. The van der Waals surface area contributed by atoms with E-state index in [0.29, 0.717) is 4.88 Å². The van der Waals surface area contributed by atoms with Gasteiger partial charge in [0, 0.05) is 16.0 Å². The van der Waals surface area contributed by atoms with Gasteiger partial charge in [0.25, 0.3) is 0 Å². The second kappa shape index (κ2) is 5.45. The molecule has 2 rings (SSSR count). The number of hydrogen-bond acceptors (Lipinski definition) is 6. The number of rotatable bonds is 5. The molecule has 0 radical (unpaired) electrons. The first kappa shape index (κ1) is 13.6. The van der Waals surface area contributed by atoms with Gasteiger partial charge in [-0.05, 0) is 19.1 Å². The van der Waals surface area contributed by atoms with E-state index in [1.807, 2.05) is 12.3 Å². The van der Waals surface area contributed by atoms with Crippen LogP contribution >= 0.6 is 22.7 Å². The summed E-state index contributed by atoms with van der Waals surface area (Å²) in [7, 11) is -3.51. The molecule has 0 fully saturated rings. The number of sulfonamides is 1. The van der Waals surface area contributed by atoms with Gasteiger partial charge in [0.1, 0.15) is 9.22 Å². The Balaban J connectivity index is 2.07. The lowest BCUT2D eigenvalue weighted by atomic mass is 10.5. The van der Waals surface area contributed by atoms with Gasteiger partial charge in [0.2, 0.25) is 10.0 Å². The van der Waals surface area contributed by atoms with E-state index in [9.17, 15) is 8.42 Å². The van der Waals surface area contributed by atoms with Crippen LogP contribution in [0, 0.1) is 6.92 Å². The van der Waals surface area contributed by atoms with Crippen molar-refractivity contribution in [2.24, 2.45) is 0 Å². The van der Waals surface area contributed by atoms with Crippen LogP contribution in [-0.4, -0.2) is 18.5 Å². The molecule has 8 heteroatoms. The molecule has 5 nitrogen and oxygen atoms in total. The number of aliphatic hydroxyl groups excluding tert-OH is 1. The third kappa shape index (κ3) is 3.15. The highest BCUT2D eigenvalue weighted by Crippen LogP contribution is 2.21. The van der Waals surface area contributed by atoms with E-state index in [2.05, 4.69) is 9.71 Å². The Labute approximate surface area is 113 Å². The summed E-state index contributed by atoms with van der Waals surface area (Å²) in [5.74, 6) is 0. The van der Waals surface area contributed by atoms with Gasteiger partial charge >= 0.3 is 0 Å². The average Bonchev–Trinajstić information content (AvgIpc) is 2.95. The maximum absolute atomic E-state index is 11.9. The van der Waals surface area contributed by atoms with Gasteiger partial charge in [0.15, 0.2) is 0 Å². The van der Waals surface area contributed by atoms with Crippen LogP contribution in [0.2, 0.25) is 0 Å². The Morgan fingerprint density at radius 1 is 1.44 bits per heavy atom. The first-order valence-electron chi connectivity index (χ1n) is 5.11. The number of aryl methyl sites for hydroxylation is 1. The number of hydrogen-bond donors (Lipinski definition) is 2. The highest BCUT2D eigenvalue weighted by Gasteiger charge is 2.16. The molecule has 0 saturated heterocycles. The maximum atomic E-state index is 11.9. The molecule has 2 aromatic rings. The van der Waals surface area contributed by atoms with Crippen molar-refractivity contribution in [3.8, 4) is 0 Å². The lowest BCUT2D eigenvalue weighted by Gasteiger charge is -2.01. The number of nitrogens with zero attached hydrogens (tertiary/aromatic N) is 1. The molecule has 18 heavy (non-hydrogen) atoms. The number of thiophene rings is 1. The molecule has 2 N–H and O–H groups in total. The van der Waals surface area contributed by atoms with Gasteiger partial charge in [-0.15, -0.1) is 22.7 Å². The Morgan fingerprint density at radius 2 is 2.22 bits per heavy atom. The predicted molar refractivity (Wildman–Crippen MR) is 71.1 cm³/mol. The van der Waals surface area contributed by atoms with E-state index in [-0.39, 0.29) is 17.4 Å². The van der Waals surface area contributed by atoms with E-state index >= 15 is 0 Å². The van der Waals surface area contributed by atoms with Crippen LogP contribution in [-0.2, 0) is 23.2 Å². The Hall–Kier alpha value is -0.800. The van der Waals surface area contributed by atoms with E-state index in [1.54, 1.807) is 6.07 Å². The third-order valence-electron chi connectivity index (χ3n) is 2.14. The highest BCUT2D eigenvalue weighted by molar-refractivity contribution is 7.91. The molecular weight excluding hydrogens is 292 g/mol. The van der Waals surface area contributed by atoms with Crippen molar-refractivity contribution < 1.29 is 13.5 Å². The summed E-state index contributed by atoms with van der Waals surface area (Å²) < 4.78 is 26.6. The van der Waals surface area contributed by atoms with E-state index in [0.717, 1.165) is 22.0 Å². The monoisotopic (exact) mass is 304 g/mol. The lowest BCUT2D eigenvalue weighted by molar-refractivity contribution is 0.285. The molecule has 0 aliphatic rings. The minimum atomic E-state index is -3.51. The highest BCUT2D eigenvalue weighted by atomic mass is 32.2. The van der Waals surface area contributed by atoms with E-state index < -0.39 is 10.0 Å². The molecule has 2 aromatic heterocycles. The number of thiazole rings is 1. The quantitative estimate of drug-likeness (QED) is 0.877. The molecule has 0 aromatic carbocycles. The topological polar surface area (TPSA) is 79.3 Å². The fraction of sp³-hybridized carbons (Fsp3) is 0.300. The van der Waals surface area contributed by atoms with Crippen LogP contribution in [0.5, 0.6) is 0 Å². The van der Waals surface area contributed by atoms with Gasteiger partial charge in [-0.1, -0.05) is 0 Å². The molecule has 98 valence electrons. The van der Waals surface area contributed by atoms with Crippen molar-refractivity contribution in [2.75, 3.05) is 0 Å². The van der Waals surface area contributed by atoms with Gasteiger partial charge in [-0.25, -0.2) is 18.1 Å². The summed E-state index contributed by atoms with van der Waals surface area (Å²) >= 11 is 2.48. The molecule has 0 aliphatic carbocycles. The minimum absolute atomic E-state index is 0.147. The largest absolute Gasteiger partial charge is 0.391 e. The molecule has 0 saturated carbocycles. The zero-order valence-corrected chi connectivity index (χ0v) is 12.0. The second-order valence-electron chi connectivity index (χ2n) is 3.59. The predicted octanol–water partition coefficient (Wildman–Crippen LogP) is 1.48. The molecule has 0 unspecified atom stereocenters. The molecule has 0 amide bonds. The molecule has 0 aliphatic heterocycles. The first-order chi connectivity index (χ1) is 8.51. The fourth-order valence-electron chi connectivity index (χ4n) is 1.30. The molecule has 0 atom stereocenters. The van der Waals surface area contributed by atoms with Crippen molar-refractivity contribution in [1.82, 2.24) is 9.71 Å². The third-order valence-corrected chi connectivity index (χ3v) is 6.07.